The van der Waals surface area contributed by atoms with Gasteiger partial charge in [-0.1, -0.05) is 42.8 Å². The summed E-state index contributed by atoms with van der Waals surface area (Å²) in [4.78, 5) is 9.44. The van der Waals surface area contributed by atoms with Crippen LogP contribution in [0.5, 0.6) is 0 Å². The minimum absolute atomic E-state index is 0.0379. The maximum absolute atomic E-state index is 13.8. The number of anilines is 1. The van der Waals surface area contributed by atoms with Gasteiger partial charge in [0.15, 0.2) is 0 Å². The van der Waals surface area contributed by atoms with Crippen molar-refractivity contribution in [2.24, 2.45) is 4.99 Å². The summed E-state index contributed by atoms with van der Waals surface area (Å²) in [7, 11) is 0. The van der Waals surface area contributed by atoms with Crippen LogP contribution >= 0.6 is 11.6 Å². The minimum Gasteiger partial charge on any atom is -0.325 e. The topological polar surface area (TPSA) is 37.3 Å². The van der Waals surface area contributed by atoms with Gasteiger partial charge in [-0.05, 0) is 54.8 Å². The molecule has 1 atom stereocenters. The minimum atomic E-state index is -0.269. The lowest BCUT2D eigenvalue weighted by Gasteiger charge is -2.11. The number of nitrogens with one attached hydrogen (secondary N) is 1. The first-order valence-corrected chi connectivity index (χ1v) is 9.31. The van der Waals surface area contributed by atoms with Crippen LogP contribution in [0.1, 0.15) is 36.1 Å². The number of fused-ring (bicyclic) bond motifs is 1. The van der Waals surface area contributed by atoms with Gasteiger partial charge in [0, 0.05) is 16.1 Å². The third-order valence-corrected chi connectivity index (χ3v) is 5.00. The van der Waals surface area contributed by atoms with Gasteiger partial charge in [0.2, 0.25) is 0 Å². The Morgan fingerprint density at radius 1 is 1.07 bits per heavy atom. The molecule has 1 aliphatic rings. The van der Waals surface area contributed by atoms with Crippen molar-refractivity contribution in [3.8, 4) is 11.3 Å². The van der Waals surface area contributed by atoms with E-state index in [4.69, 9.17) is 21.6 Å². The van der Waals surface area contributed by atoms with Crippen LogP contribution in [-0.2, 0) is 0 Å². The predicted octanol–water partition coefficient (Wildman–Crippen LogP) is 6.17. The van der Waals surface area contributed by atoms with Gasteiger partial charge in [0.25, 0.3) is 0 Å². The third kappa shape index (κ3) is 3.45. The SMILES string of the molecule is CCC1N=C(Nc2cc(C)cc(-c3ccccc3Cl)n2)c2cc(F)ccc21. The number of rotatable bonds is 3. The highest BCUT2D eigenvalue weighted by Crippen LogP contribution is 2.33. The monoisotopic (exact) mass is 379 g/mol. The Kier molecular flexibility index (Phi) is 4.66. The smallest absolute Gasteiger partial charge is 0.134 e. The summed E-state index contributed by atoms with van der Waals surface area (Å²) in [5.41, 5.74) is 4.54. The molecule has 4 rings (SSSR count). The van der Waals surface area contributed by atoms with Gasteiger partial charge < -0.3 is 5.32 Å². The first-order valence-electron chi connectivity index (χ1n) is 8.93. The van der Waals surface area contributed by atoms with E-state index in [9.17, 15) is 4.39 Å². The Labute approximate surface area is 162 Å². The van der Waals surface area contributed by atoms with Crippen LogP contribution in [0.2, 0.25) is 5.02 Å². The highest BCUT2D eigenvalue weighted by Gasteiger charge is 2.24. The van der Waals surface area contributed by atoms with Gasteiger partial charge in [0.1, 0.15) is 17.5 Å². The van der Waals surface area contributed by atoms with Gasteiger partial charge in [-0.2, -0.15) is 0 Å². The van der Waals surface area contributed by atoms with E-state index in [1.807, 2.05) is 49.4 Å². The Morgan fingerprint density at radius 2 is 1.89 bits per heavy atom. The third-order valence-electron chi connectivity index (χ3n) is 4.67. The van der Waals surface area contributed by atoms with Crippen molar-refractivity contribution in [3.63, 3.8) is 0 Å². The standard InChI is InChI=1S/C22H19ClFN3/c1-3-19-15-9-8-14(24)12-17(15)22(26-19)27-21-11-13(2)10-20(25-21)16-6-4-5-7-18(16)23/h4-12,19H,3H2,1-2H3,(H,25,26,27). The zero-order chi connectivity index (χ0) is 19.0. The molecule has 3 aromatic rings. The summed E-state index contributed by atoms with van der Waals surface area (Å²) >= 11 is 6.33. The number of benzene rings is 2. The summed E-state index contributed by atoms with van der Waals surface area (Å²) in [5.74, 6) is 1.05. The first kappa shape index (κ1) is 17.7. The molecule has 5 heteroatoms. The highest BCUT2D eigenvalue weighted by molar-refractivity contribution is 6.33. The van der Waals surface area contributed by atoms with Crippen molar-refractivity contribution in [1.29, 1.82) is 0 Å². The molecule has 0 bridgehead atoms. The van der Waals surface area contributed by atoms with Crippen molar-refractivity contribution < 1.29 is 4.39 Å². The molecule has 3 nitrogen and oxygen atoms in total. The molecule has 0 aliphatic carbocycles. The Balaban J connectivity index is 1.72. The fourth-order valence-electron chi connectivity index (χ4n) is 3.39. The van der Waals surface area contributed by atoms with Crippen molar-refractivity contribution in [3.05, 3.63) is 82.1 Å². The fraction of sp³-hybridized carbons (Fsp3) is 0.182. The molecule has 27 heavy (non-hydrogen) atoms. The van der Waals surface area contributed by atoms with Crippen LogP contribution in [-0.4, -0.2) is 10.8 Å². The molecule has 1 aliphatic heterocycles. The molecule has 1 unspecified atom stereocenters. The number of halogens is 2. The van der Waals surface area contributed by atoms with Crippen molar-refractivity contribution >= 4 is 23.3 Å². The lowest BCUT2D eigenvalue weighted by Crippen LogP contribution is -2.13. The van der Waals surface area contributed by atoms with E-state index in [0.29, 0.717) is 16.7 Å². The Bertz CT molecular complexity index is 1050. The zero-order valence-corrected chi connectivity index (χ0v) is 15.9. The maximum atomic E-state index is 13.8. The van der Waals surface area contributed by atoms with Crippen LogP contribution in [0.15, 0.2) is 59.6 Å². The molecule has 2 heterocycles. The Hall–Kier alpha value is -2.72. The largest absolute Gasteiger partial charge is 0.325 e. The van der Waals surface area contributed by atoms with Gasteiger partial charge in [-0.3, -0.25) is 4.99 Å². The van der Waals surface area contributed by atoms with Gasteiger partial charge >= 0.3 is 0 Å². The number of aromatic nitrogens is 1. The number of hydrogen-bond acceptors (Lipinski definition) is 3. The fourth-order valence-corrected chi connectivity index (χ4v) is 3.62. The summed E-state index contributed by atoms with van der Waals surface area (Å²) in [6.45, 7) is 4.08. The number of aryl methyl sites for hydroxylation is 1. The average molecular weight is 380 g/mol. The molecular weight excluding hydrogens is 361 g/mol. The summed E-state index contributed by atoms with van der Waals surface area (Å²) in [6.07, 6.45) is 0.857. The molecule has 136 valence electrons. The van der Waals surface area contributed by atoms with E-state index < -0.39 is 0 Å². The van der Waals surface area contributed by atoms with E-state index in [1.54, 1.807) is 0 Å². The molecule has 0 amide bonds. The van der Waals surface area contributed by atoms with E-state index in [2.05, 4.69) is 12.2 Å². The van der Waals surface area contributed by atoms with Gasteiger partial charge in [-0.15, -0.1) is 0 Å². The van der Waals surface area contributed by atoms with Crippen molar-refractivity contribution in [1.82, 2.24) is 4.98 Å². The van der Waals surface area contributed by atoms with Crippen LogP contribution in [0, 0.1) is 12.7 Å². The summed E-state index contributed by atoms with van der Waals surface area (Å²) < 4.78 is 13.8. The second kappa shape index (κ2) is 7.12. The van der Waals surface area contributed by atoms with E-state index >= 15 is 0 Å². The van der Waals surface area contributed by atoms with E-state index in [1.165, 1.54) is 12.1 Å². The first-order chi connectivity index (χ1) is 13.0. The quantitative estimate of drug-likeness (QED) is 0.590. The number of pyridine rings is 1. The molecule has 2 aromatic carbocycles. The van der Waals surface area contributed by atoms with Crippen LogP contribution in [0.25, 0.3) is 11.3 Å². The van der Waals surface area contributed by atoms with Crippen LogP contribution in [0.3, 0.4) is 0 Å². The second-order valence-electron chi connectivity index (χ2n) is 6.65. The zero-order valence-electron chi connectivity index (χ0n) is 15.1. The van der Waals surface area contributed by atoms with Crippen molar-refractivity contribution in [2.45, 2.75) is 26.3 Å². The predicted molar refractivity (Wildman–Crippen MR) is 109 cm³/mol. The van der Waals surface area contributed by atoms with Crippen molar-refractivity contribution in [2.75, 3.05) is 5.32 Å². The molecule has 1 aromatic heterocycles. The summed E-state index contributed by atoms with van der Waals surface area (Å²) in [5, 5.41) is 3.94. The van der Waals surface area contributed by atoms with E-state index in [0.717, 1.165) is 34.4 Å². The Morgan fingerprint density at radius 3 is 2.67 bits per heavy atom. The van der Waals surface area contributed by atoms with Gasteiger partial charge in [0.05, 0.1) is 11.7 Å². The van der Waals surface area contributed by atoms with Crippen LogP contribution in [0.4, 0.5) is 10.2 Å². The second-order valence-corrected chi connectivity index (χ2v) is 7.06. The number of aliphatic imine (C=N–C) groups is 1. The number of amidine groups is 1. The normalized spacial score (nSPS) is 15.4. The van der Waals surface area contributed by atoms with Gasteiger partial charge in [-0.25, -0.2) is 9.37 Å². The molecular formula is C22H19ClFN3. The summed E-state index contributed by atoms with van der Waals surface area (Å²) in [6, 6.07) is 16.4. The highest BCUT2D eigenvalue weighted by atomic mass is 35.5. The van der Waals surface area contributed by atoms with Crippen LogP contribution < -0.4 is 5.32 Å². The lowest BCUT2D eigenvalue weighted by molar-refractivity contribution is 0.625. The molecule has 0 saturated carbocycles. The number of nitrogens with zero attached hydrogens (tertiary/aromatic N) is 2. The maximum Gasteiger partial charge on any atom is 0.134 e. The molecule has 0 radical (unpaired) electrons. The lowest BCUT2D eigenvalue weighted by atomic mass is 10.0. The molecule has 0 spiro atoms. The van der Waals surface area contributed by atoms with E-state index in [-0.39, 0.29) is 11.9 Å². The molecule has 0 saturated heterocycles. The number of hydrogen-bond donors (Lipinski definition) is 1. The molecule has 1 N–H and O–H groups in total. The average Bonchev–Trinajstić information content (AvgIpc) is 2.98. The molecule has 0 fully saturated rings.